The van der Waals surface area contributed by atoms with Crippen LogP contribution in [0.1, 0.15) is 17.0 Å². The molecule has 2 saturated heterocycles. The molecule has 1 aromatic heterocycles. The van der Waals surface area contributed by atoms with Gasteiger partial charge in [0, 0.05) is 33.3 Å². The number of furan rings is 1. The fourth-order valence-electron chi connectivity index (χ4n) is 3.90. The number of benzene rings is 1. The summed E-state index contributed by atoms with van der Waals surface area (Å²) in [5.74, 6) is -0.869. The molecule has 2 amide bonds. The van der Waals surface area contributed by atoms with Crippen molar-refractivity contribution in [3.05, 3.63) is 48.0 Å². The number of carbonyl (C=O) groups excluding carboxylic acids is 2. The van der Waals surface area contributed by atoms with Gasteiger partial charge in [0.2, 0.25) is 5.09 Å². The van der Waals surface area contributed by atoms with Gasteiger partial charge in [0.15, 0.2) is 12.4 Å². The zero-order valence-electron chi connectivity index (χ0n) is 17.0. The normalized spacial score (nSPS) is 20.5. The lowest BCUT2D eigenvalue weighted by molar-refractivity contribution is -0.135. The second-order valence-electron chi connectivity index (χ2n) is 7.70. The van der Waals surface area contributed by atoms with E-state index in [1.807, 2.05) is 0 Å². The highest BCUT2D eigenvalue weighted by Gasteiger charge is 2.47. The number of sulfonamides is 1. The van der Waals surface area contributed by atoms with Gasteiger partial charge in [-0.05, 0) is 30.7 Å². The van der Waals surface area contributed by atoms with E-state index in [0.29, 0.717) is 19.5 Å². The Labute approximate surface area is 179 Å². The van der Waals surface area contributed by atoms with E-state index in [1.54, 1.807) is 15.9 Å². The maximum absolute atomic E-state index is 13.2. The largest absolute Gasteiger partial charge is 0.484 e. The summed E-state index contributed by atoms with van der Waals surface area (Å²) in [5, 5.41) is -0.295. The third-order valence-corrected chi connectivity index (χ3v) is 7.20. The number of hydrogen-bond acceptors (Lipinski definition) is 6. The molecule has 9 nitrogen and oxygen atoms in total. The first kappa shape index (κ1) is 21.3. The molecule has 0 saturated carbocycles. The first-order chi connectivity index (χ1) is 14.7. The van der Waals surface area contributed by atoms with E-state index in [2.05, 4.69) is 0 Å². The quantitative estimate of drug-likeness (QED) is 0.654. The number of carbonyl (C=O) groups is 2. The third kappa shape index (κ3) is 4.02. The minimum absolute atomic E-state index is 0.0553. The van der Waals surface area contributed by atoms with Crippen LogP contribution in [0.2, 0.25) is 0 Å². The van der Waals surface area contributed by atoms with Gasteiger partial charge in [-0.3, -0.25) is 9.59 Å². The Morgan fingerprint density at radius 2 is 1.87 bits per heavy atom. The molecule has 166 valence electrons. The van der Waals surface area contributed by atoms with Gasteiger partial charge in [-0.15, -0.1) is 0 Å². The number of ether oxygens (including phenoxy) is 1. The number of hydrogen-bond donors (Lipinski definition) is 0. The van der Waals surface area contributed by atoms with Crippen LogP contribution in [0.25, 0.3) is 0 Å². The monoisotopic (exact) mass is 451 g/mol. The predicted octanol–water partition coefficient (Wildman–Crippen LogP) is 1.17. The third-order valence-electron chi connectivity index (χ3n) is 5.51. The molecule has 4 rings (SSSR count). The molecule has 11 heteroatoms. The van der Waals surface area contributed by atoms with Crippen molar-refractivity contribution in [2.75, 3.05) is 33.8 Å². The highest BCUT2D eigenvalue weighted by Crippen LogP contribution is 2.32. The Kier molecular flexibility index (Phi) is 5.48. The van der Waals surface area contributed by atoms with Gasteiger partial charge in [0.25, 0.3) is 21.8 Å². The molecule has 0 aliphatic carbocycles. The van der Waals surface area contributed by atoms with Crippen LogP contribution in [0.4, 0.5) is 4.39 Å². The summed E-state index contributed by atoms with van der Waals surface area (Å²) in [4.78, 5) is 28.6. The maximum Gasteiger partial charge on any atom is 0.290 e. The van der Waals surface area contributed by atoms with Crippen molar-refractivity contribution in [1.82, 2.24) is 14.1 Å². The molecule has 1 aromatic carbocycles. The van der Waals surface area contributed by atoms with Gasteiger partial charge in [0.05, 0.1) is 12.1 Å². The summed E-state index contributed by atoms with van der Waals surface area (Å²) >= 11 is 0. The van der Waals surface area contributed by atoms with Crippen LogP contribution in [0.3, 0.4) is 0 Å². The van der Waals surface area contributed by atoms with Crippen LogP contribution in [0.5, 0.6) is 5.75 Å². The molecule has 3 heterocycles. The minimum atomic E-state index is -3.77. The molecular weight excluding hydrogens is 429 g/mol. The summed E-state index contributed by atoms with van der Waals surface area (Å²) in [6, 6.07) is 7.83. The Balaban J connectivity index is 1.36. The van der Waals surface area contributed by atoms with Crippen molar-refractivity contribution in [3.63, 3.8) is 0 Å². The maximum atomic E-state index is 13.2. The Hall–Kier alpha value is -2.92. The number of fused-ring (bicyclic) bond motifs is 2. The molecule has 0 spiro atoms. The SMILES string of the molecule is CN(C)S(=O)(=O)c1ccc(C(=O)N2C[C@@H]3C[C@H]2CN3C(=O)COc2cccc(F)c2)o1. The van der Waals surface area contributed by atoms with Crippen LogP contribution >= 0.6 is 0 Å². The highest BCUT2D eigenvalue weighted by molar-refractivity contribution is 7.88. The van der Waals surface area contributed by atoms with E-state index in [-0.39, 0.29) is 41.2 Å². The van der Waals surface area contributed by atoms with E-state index in [0.717, 1.165) is 4.31 Å². The fraction of sp³-hybridized carbons (Fsp3) is 0.400. The minimum Gasteiger partial charge on any atom is -0.484 e. The smallest absolute Gasteiger partial charge is 0.290 e. The molecule has 2 atom stereocenters. The van der Waals surface area contributed by atoms with Crippen molar-refractivity contribution < 1.29 is 31.6 Å². The summed E-state index contributed by atoms with van der Waals surface area (Å²) in [6.07, 6.45) is 0.626. The lowest BCUT2D eigenvalue weighted by atomic mass is 10.2. The van der Waals surface area contributed by atoms with Crippen LogP contribution in [-0.4, -0.2) is 80.2 Å². The Morgan fingerprint density at radius 1 is 1.16 bits per heavy atom. The number of amides is 2. The van der Waals surface area contributed by atoms with Crippen molar-refractivity contribution in [2.45, 2.75) is 23.6 Å². The topological polar surface area (TPSA) is 100 Å². The van der Waals surface area contributed by atoms with Crippen LogP contribution in [0, 0.1) is 5.82 Å². The molecule has 2 aliphatic heterocycles. The molecule has 0 unspecified atom stereocenters. The van der Waals surface area contributed by atoms with Crippen LogP contribution < -0.4 is 4.74 Å². The van der Waals surface area contributed by atoms with Crippen molar-refractivity contribution >= 4 is 21.8 Å². The first-order valence-electron chi connectivity index (χ1n) is 9.68. The fourth-order valence-corrected chi connectivity index (χ4v) is 4.70. The molecule has 31 heavy (non-hydrogen) atoms. The van der Waals surface area contributed by atoms with Gasteiger partial charge in [0.1, 0.15) is 11.6 Å². The van der Waals surface area contributed by atoms with Crippen molar-refractivity contribution in [1.29, 1.82) is 0 Å². The average Bonchev–Trinajstić information content (AvgIpc) is 3.47. The van der Waals surface area contributed by atoms with E-state index in [9.17, 15) is 22.4 Å². The predicted molar refractivity (Wildman–Crippen MR) is 106 cm³/mol. The molecule has 2 bridgehead atoms. The van der Waals surface area contributed by atoms with Crippen LogP contribution in [0.15, 0.2) is 45.9 Å². The Morgan fingerprint density at radius 3 is 2.52 bits per heavy atom. The molecule has 2 aliphatic rings. The van der Waals surface area contributed by atoms with Gasteiger partial charge < -0.3 is 19.0 Å². The van der Waals surface area contributed by atoms with E-state index < -0.39 is 21.7 Å². The Bertz CT molecular complexity index is 1120. The van der Waals surface area contributed by atoms with Gasteiger partial charge in [-0.1, -0.05) is 6.07 Å². The molecule has 2 aromatic rings. The van der Waals surface area contributed by atoms with Gasteiger partial charge in [-0.25, -0.2) is 17.1 Å². The van der Waals surface area contributed by atoms with Crippen molar-refractivity contribution in [3.8, 4) is 5.75 Å². The lowest BCUT2D eigenvalue weighted by Gasteiger charge is -2.33. The second kappa shape index (κ2) is 7.97. The summed E-state index contributed by atoms with van der Waals surface area (Å²) < 4.78 is 49.2. The van der Waals surface area contributed by atoms with Gasteiger partial charge >= 0.3 is 0 Å². The summed E-state index contributed by atoms with van der Waals surface area (Å²) in [6.45, 7) is 0.460. The molecule has 2 fully saturated rings. The average molecular weight is 451 g/mol. The molecule has 0 N–H and O–H groups in total. The van der Waals surface area contributed by atoms with Crippen LogP contribution in [-0.2, 0) is 14.8 Å². The second-order valence-corrected chi connectivity index (χ2v) is 9.78. The zero-order valence-corrected chi connectivity index (χ0v) is 17.8. The number of piperazine rings is 1. The first-order valence-corrected chi connectivity index (χ1v) is 11.1. The van der Waals surface area contributed by atoms with Crippen molar-refractivity contribution in [2.24, 2.45) is 0 Å². The molecular formula is C20H22FN3O6S. The summed E-state index contributed by atoms with van der Waals surface area (Å²) in [5.41, 5.74) is 0. The number of nitrogens with zero attached hydrogens (tertiary/aromatic N) is 3. The number of rotatable bonds is 6. The van der Waals surface area contributed by atoms with E-state index >= 15 is 0 Å². The lowest BCUT2D eigenvalue weighted by Crippen LogP contribution is -2.51. The number of likely N-dealkylation sites (tertiary alicyclic amines) is 2. The zero-order chi connectivity index (χ0) is 22.3. The number of halogens is 1. The van der Waals surface area contributed by atoms with E-state index in [4.69, 9.17) is 9.15 Å². The highest BCUT2D eigenvalue weighted by atomic mass is 32.2. The molecule has 0 radical (unpaired) electrons. The van der Waals surface area contributed by atoms with Gasteiger partial charge in [-0.2, -0.15) is 0 Å². The standard InChI is InChI=1S/C20H22FN3O6S/c1-22(2)31(27,28)19-7-6-17(30-19)20(26)24-11-14-9-15(24)10-23(14)18(25)12-29-16-5-3-4-13(21)8-16/h3-8,14-15H,9-12H2,1-2H3/t14-,15-/m0/s1. The summed E-state index contributed by atoms with van der Waals surface area (Å²) in [7, 11) is -1.02. The van der Waals surface area contributed by atoms with E-state index in [1.165, 1.54) is 44.4 Å².